The molecule has 2 aromatic heterocycles. The van der Waals surface area contributed by atoms with Crippen LogP contribution in [-0.4, -0.2) is 23.9 Å². The summed E-state index contributed by atoms with van der Waals surface area (Å²) in [6, 6.07) is 8.64. The van der Waals surface area contributed by atoms with E-state index >= 15 is 0 Å². The molecule has 3 aromatic rings. The van der Waals surface area contributed by atoms with Gasteiger partial charge in [0.15, 0.2) is 0 Å². The number of pyridine rings is 1. The van der Waals surface area contributed by atoms with Crippen LogP contribution in [0.1, 0.15) is 43.9 Å². The van der Waals surface area contributed by atoms with Gasteiger partial charge in [0.2, 0.25) is 0 Å². The Balaban J connectivity index is 1.63. The van der Waals surface area contributed by atoms with Crippen molar-refractivity contribution in [1.29, 1.82) is 0 Å². The molecule has 5 nitrogen and oxygen atoms in total. The predicted molar refractivity (Wildman–Crippen MR) is 120 cm³/mol. The first-order chi connectivity index (χ1) is 15.0. The van der Waals surface area contributed by atoms with Crippen LogP contribution in [0.15, 0.2) is 41.9 Å². The van der Waals surface area contributed by atoms with Crippen molar-refractivity contribution >= 4 is 27.0 Å². The summed E-state index contributed by atoms with van der Waals surface area (Å²) in [5.74, 6) is 0.525. The molecule has 0 amide bonds. The smallest absolute Gasteiger partial charge is 0.276 e. The van der Waals surface area contributed by atoms with Gasteiger partial charge in [0.1, 0.15) is 5.01 Å². The lowest BCUT2D eigenvalue weighted by atomic mass is 10.0. The van der Waals surface area contributed by atoms with Crippen LogP contribution in [0, 0.1) is 5.92 Å². The van der Waals surface area contributed by atoms with Gasteiger partial charge < -0.3 is 0 Å². The molecule has 1 aromatic carbocycles. The summed E-state index contributed by atoms with van der Waals surface area (Å²) in [7, 11) is -5.47. The van der Waals surface area contributed by atoms with Crippen LogP contribution in [0.2, 0.25) is 0 Å². The summed E-state index contributed by atoms with van der Waals surface area (Å²) in [6.07, 6.45) is 4.25. The van der Waals surface area contributed by atoms with Crippen LogP contribution < -0.4 is 4.72 Å². The topological polar surface area (TPSA) is 72.0 Å². The number of halogens is 3. The van der Waals surface area contributed by atoms with Crippen LogP contribution in [0.3, 0.4) is 0 Å². The maximum Gasteiger partial charge on any atom is 0.516 e. The van der Waals surface area contributed by atoms with E-state index in [1.54, 1.807) is 23.1 Å². The van der Waals surface area contributed by atoms with Gasteiger partial charge in [0, 0.05) is 28.4 Å². The van der Waals surface area contributed by atoms with Gasteiger partial charge in [-0.05, 0) is 60.9 Å². The van der Waals surface area contributed by atoms with Gasteiger partial charge in [-0.3, -0.25) is 9.71 Å². The zero-order chi connectivity index (χ0) is 23.1. The van der Waals surface area contributed by atoms with E-state index in [0.29, 0.717) is 17.2 Å². The normalized spacial score (nSPS) is 14.7. The standard InChI is InChI=1S/C22H22F3N3O2S2/c1-13(2)9-17-10-16(7-8-26-17)21-27-20(12-31-21)15-5-6-19(18(11-15)14-3-4-14)28-32(29,30)22(23,24)25/h5-8,10-14,28H,3-4,9H2,1-2H3. The van der Waals surface area contributed by atoms with E-state index in [0.717, 1.165) is 41.1 Å². The van der Waals surface area contributed by atoms with Crippen LogP contribution in [-0.2, 0) is 16.4 Å². The number of nitrogens with one attached hydrogen (secondary N) is 1. The molecule has 1 N–H and O–H groups in total. The summed E-state index contributed by atoms with van der Waals surface area (Å²) >= 11 is 1.47. The van der Waals surface area contributed by atoms with Gasteiger partial charge in [-0.25, -0.2) is 4.98 Å². The molecule has 0 aliphatic heterocycles. The fraction of sp³-hybridized carbons (Fsp3) is 0.364. The molecule has 0 unspecified atom stereocenters. The molecule has 1 fully saturated rings. The van der Waals surface area contributed by atoms with Crippen molar-refractivity contribution in [3.05, 3.63) is 53.2 Å². The molecule has 10 heteroatoms. The molecule has 0 radical (unpaired) electrons. The molecule has 4 rings (SSSR count). The fourth-order valence-corrected chi connectivity index (χ4v) is 4.85. The average Bonchev–Trinajstić information content (AvgIpc) is 3.43. The SMILES string of the molecule is CC(C)Cc1cc(-c2nc(-c3ccc(NS(=O)(=O)C(F)(F)F)c(C4CC4)c3)cs2)ccn1. The van der Waals surface area contributed by atoms with Gasteiger partial charge in [-0.1, -0.05) is 19.9 Å². The molecule has 170 valence electrons. The zero-order valence-corrected chi connectivity index (χ0v) is 19.1. The minimum atomic E-state index is -5.47. The first-order valence-electron chi connectivity index (χ1n) is 10.2. The largest absolute Gasteiger partial charge is 0.516 e. The number of hydrogen-bond acceptors (Lipinski definition) is 5. The van der Waals surface area contributed by atoms with Crippen molar-refractivity contribution < 1.29 is 21.6 Å². The quantitative estimate of drug-likeness (QED) is 0.436. The number of nitrogens with zero attached hydrogens (tertiary/aromatic N) is 2. The molecule has 1 aliphatic carbocycles. The second-order valence-corrected chi connectivity index (χ2v) is 10.8. The fourth-order valence-electron chi connectivity index (χ4n) is 3.43. The maximum absolute atomic E-state index is 12.8. The molecule has 0 saturated heterocycles. The van der Waals surface area contributed by atoms with Crippen LogP contribution >= 0.6 is 11.3 Å². The average molecular weight is 482 g/mol. The molecule has 32 heavy (non-hydrogen) atoms. The highest BCUT2D eigenvalue weighted by Gasteiger charge is 2.46. The van der Waals surface area contributed by atoms with E-state index in [1.165, 1.54) is 17.4 Å². The van der Waals surface area contributed by atoms with E-state index in [4.69, 9.17) is 4.98 Å². The van der Waals surface area contributed by atoms with Crippen LogP contribution in [0.4, 0.5) is 18.9 Å². The van der Waals surface area contributed by atoms with E-state index in [2.05, 4.69) is 18.8 Å². The summed E-state index contributed by atoms with van der Waals surface area (Å²) in [4.78, 5) is 9.11. The summed E-state index contributed by atoms with van der Waals surface area (Å²) in [5.41, 5.74) is -1.45. The van der Waals surface area contributed by atoms with Crippen molar-refractivity contribution in [2.75, 3.05) is 4.72 Å². The number of hydrogen-bond donors (Lipinski definition) is 1. The highest BCUT2D eigenvalue weighted by Crippen LogP contribution is 2.45. The molecular weight excluding hydrogens is 459 g/mol. The lowest BCUT2D eigenvalue weighted by molar-refractivity contribution is -0.0429. The Bertz CT molecular complexity index is 1230. The van der Waals surface area contributed by atoms with Crippen molar-refractivity contribution in [3.8, 4) is 21.8 Å². The Hall–Kier alpha value is -2.46. The Morgan fingerprint density at radius 2 is 1.91 bits per heavy atom. The lowest BCUT2D eigenvalue weighted by Gasteiger charge is -2.15. The number of rotatable bonds is 7. The third-order valence-electron chi connectivity index (χ3n) is 5.10. The van der Waals surface area contributed by atoms with Gasteiger partial charge >= 0.3 is 15.5 Å². The number of alkyl halides is 3. The zero-order valence-electron chi connectivity index (χ0n) is 17.5. The molecule has 1 saturated carbocycles. The Morgan fingerprint density at radius 1 is 1.16 bits per heavy atom. The monoisotopic (exact) mass is 481 g/mol. The minimum absolute atomic E-state index is 0.0310. The Kier molecular flexibility index (Phi) is 6.02. The van der Waals surface area contributed by atoms with E-state index in [-0.39, 0.29) is 11.6 Å². The summed E-state index contributed by atoms with van der Waals surface area (Å²) < 4.78 is 63.3. The number of benzene rings is 1. The Labute approximate surface area is 188 Å². The van der Waals surface area contributed by atoms with Crippen molar-refractivity contribution in [2.45, 2.75) is 44.5 Å². The number of aromatic nitrogens is 2. The second kappa shape index (κ2) is 8.47. The third-order valence-corrected chi connectivity index (χ3v) is 7.09. The maximum atomic E-state index is 12.8. The molecule has 2 heterocycles. The summed E-state index contributed by atoms with van der Waals surface area (Å²) in [6.45, 7) is 4.26. The first-order valence-corrected chi connectivity index (χ1v) is 12.5. The molecule has 0 bridgehead atoms. The first kappa shape index (κ1) is 22.7. The number of thiazole rings is 1. The second-order valence-electron chi connectivity index (χ2n) is 8.30. The molecule has 0 atom stereocenters. The minimum Gasteiger partial charge on any atom is -0.276 e. The molecular formula is C22H22F3N3O2S2. The van der Waals surface area contributed by atoms with Crippen molar-refractivity contribution in [2.24, 2.45) is 5.92 Å². The van der Waals surface area contributed by atoms with E-state index in [1.807, 2.05) is 17.5 Å². The predicted octanol–water partition coefficient (Wildman–Crippen LogP) is 6.21. The van der Waals surface area contributed by atoms with E-state index < -0.39 is 15.5 Å². The lowest BCUT2D eigenvalue weighted by Crippen LogP contribution is -2.30. The number of anilines is 1. The van der Waals surface area contributed by atoms with Crippen molar-refractivity contribution in [3.63, 3.8) is 0 Å². The molecule has 0 spiro atoms. The van der Waals surface area contributed by atoms with E-state index in [9.17, 15) is 21.6 Å². The Morgan fingerprint density at radius 3 is 2.56 bits per heavy atom. The highest BCUT2D eigenvalue weighted by molar-refractivity contribution is 7.93. The third kappa shape index (κ3) is 4.96. The van der Waals surface area contributed by atoms with Crippen LogP contribution in [0.25, 0.3) is 21.8 Å². The van der Waals surface area contributed by atoms with Gasteiger partial charge in [-0.15, -0.1) is 11.3 Å². The van der Waals surface area contributed by atoms with Gasteiger partial charge in [-0.2, -0.15) is 21.6 Å². The van der Waals surface area contributed by atoms with Crippen molar-refractivity contribution in [1.82, 2.24) is 9.97 Å². The van der Waals surface area contributed by atoms with Gasteiger partial charge in [0.05, 0.1) is 11.4 Å². The van der Waals surface area contributed by atoms with Crippen LogP contribution in [0.5, 0.6) is 0 Å². The molecule has 1 aliphatic rings. The number of sulfonamides is 1. The highest BCUT2D eigenvalue weighted by atomic mass is 32.2. The van der Waals surface area contributed by atoms with Gasteiger partial charge in [0.25, 0.3) is 0 Å². The summed E-state index contributed by atoms with van der Waals surface area (Å²) in [5, 5.41) is 2.71.